The summed E-state index contributed by atoms with van der Waals surface area (Å²) in [6, 6.07) is 3.90. The maximum atomic E-state index is 12.4. The van der Waals surface area contributed by atoms with Crippen LogP contribution < -0.4 is 10.2 Å². The van der Waals surface area contributed by atoms with Gasteiger partial charge in [-0.1, -0.05) is 6.92 Å². The Bertz CT molecular complexity index is 731. The normalized spacial score (nSPS) is 20.0. The van der Waals surface area contributed by atoms with E-state index in [1.54, 1.807) is 19.7 Å². The number of amides is 1. The Balaban J connectivity index is 1.70. The van der Waals surface area contributed by atoms with Crippen LogP contribution >= 0.6 is 0 Å². The fourth-order valence-corrected chi connectivity index (χ4v) is 3.22. The highest BCUT2D eigenvalue weighted by Crippen LogP contribution is 2.25. The van der Waals surface area contributed by atoms with Crippen molar-refractivity contribution in [3.05, 3.63) is 41.7 Å². The number of carbonyl (C=O) groups excluding carboxylic acids is 1. The van der Waals surface area contributed by atoms with Crippen LogP contribution in [0.15, 0.2) is 29.1 Å². The molecule has 2 aromatic heterocycles. The van der Waals surface area contributed by atoms with Crippen molar-refractivity contribution in [2.24, 2.45) is 0 Å². The van der Waals surface area contributed by atoms with E-state index in [9.17, 15) is 4.79 Å². The molecule has 3 heterocycles. The van der Waals surface area contributed by atoms with Crippen molar-refractivity contribution in [1.82, 2.24) is 15.3 Å². The topological polar surface area (TPSA) is 80.5 Å². The maximum absolute atomic E-state index is 12.4. The van der Waals surface area contributed by atoms with Crippen LogP contribution in [0.2, 0.25) is 0 Å². The van der Waals surface area contributed by atoms with E-state index in [4.69, 9.17) is 9.15 Å². The van der Waals surface area contributed by atoms with Crippen molar-refractivity contribution in [3.63, 3.8) is 0 Å². The van der Waals surface area contributed by atoms with E-state index >= 15 is 0 Å². The van der Waals surface area contributed by atoms with E-state index in [0.717, 1.165) is 36.5 Å². The zero-order valence-electron chi connectivity index (χ0n) is 14.9. The molecular formula is C18H24N4O3. The molecule has 0 spiro atoms. The maximum Gasteiger partial charge on any atom is 0.287 e. The van der Waals surface area contributed by atoms with Crippen molar-refractivity contribution in [1.29, 1.82) is 0 Å². The van der Waals surface area contributed by atoms with Gasteiger partial charge in [0, 0.05) is 37.5 Å². The van der Waals surface area contributed by atoms with Crippen molar-refractivity contribution >= 4 is 11.7 Å². The lowest BCUT2D eigenvalue weighted by molar-refractivity contribution is 0.0918. The molecule has 0 aliphatic carbocycles. The van der Waals surface area contributed by atoms with Crippen molar-refractivity contribution in [3.8, 4) is 0 Å². The molecule has 2 atom stereocenters. The highest BCUT2D eigenvalue weighted by molar-refractivity contribution is 5.92. The molecule has 25 heavy (non-hydrogen) atoms. The summed E-state index contributed by atoms with van der Waals surface area (Å²) >= 11 is 0. The number of carbonyl (C=O) groups is 1. The van der Waals surface area contributed by atoms with Crippen LogP contribution in [0.4, 0.5) is 5.82 Å². The van der Waals surface area contributed by atoms with Gasteiger partial charge in [0.2, 0.25) is 0 Å². The number of rotatable bonds is 6. The number of anilines is 1. The van der Waals surface area contributed by atoms with Crippen molar-refractivity contribution < 1.29 is 13.9 Å². The molecular weight excluding hydrogens is 320 g/mol. The molecule has 1 saturated heterocycles. The number of furan rings is 1. The standard InChI is InChI=1S/C18H24N4O3/c1-4-13-5-6-25-17(13)18(23)19-9-14-8-15(24-3)10-22(14)16-7-12(2)20-11-21-16/h5-7,11,14-15H,4,8-10H2,1-3H3,(H,19,23)/t14-,15-/m0/s1. The predicted molar refractivity (Wildman–Crippen MR) is 93.7 cm³/mol. The molecule has 1 N–H and O–H groups in total. The third kappa shape index (κ3) is 3.82. The monoisotopic (exact) mass is 344 g/mol. The lowest BCUT2D eigenvalue weighted by atomic mass is 10.1. The second-order valence-electron chi connectivity index (χ2n) is 6.26. The SMILES string of the molecule is CCc1ccoc1C(=O)NC[C@@H]1C[C@H](OC)CN1c1cc(C)ncn1. The summed E-state index contributed by atoms with van der Waals surface area (Å²) in [5, 5.41) is 2.99. The number of nitrogens with one attached hydrogen (secondary N) is 1. The van der Waals surface area contributed by atoms with Crippen LogP contribution in [-0.4, -0.2) is 48.2 Å². The second kappa shape index (κ2) is 7.65. The third-order valence-electron chi connectivity index (χ3n) is 4.63. The first-order chi connectivity index (χ1) is 12.1. The third-order valence-corrected chi connectivity index (χ3v) is 4.63. The summed E-state index contributed by atoms with van der Waals surface area (Å²) in [4.78, 5) is 23.1. The Hall–Kier alpha value is -2.41. The van der Waals surface area contributed by atoms with Crippen LogP contribution in [0.3, 0.4) is 0 Å². The van der Waals surface area contributed by atoms with Gasteiger partial charge in [0.1, 0.15) is 12.1 Å². The molecule has 7 nitrogen and oxygen atoms in total. The summed E-state index contributed by atoms with van der Waals surface area (Å²) in [7, 11) is 1.71. The Morgan fingerprint density at radius 3 is 3.04 bits per heavy atom. The molecule has 0 aromatic carbocycles. The van der Waals surface area contributed by atoms with Crippen LogP contribution in [0.5, 0.6) is 0 Å². The molecule has 7 heteroatoms. The van der Waals surface area contributed by atoms with E-state index in [1.807, 2.05) is 26.0 Å². The average molecular weight is 344 g/mol. The molecule has 1 fully saturated rings. The minimum atomic E-state index is -0.179. The minimum Gasteiger partial charge on any atom is -0.459 e. The molecule has 1 amide bonds. The summed E-state index contributed by atoms with van der Waals surface area (Å²) in [6.07, 6.45) is 4.84. The average Bonchev–Trinajstić information content (AvgIpc) is 3.26. The second-order valence-corrected chi connectivity index (χ2v) is 6.26. The summed E-state index contributed by atoms with van der Waals surface area (Å²) < 4.78 is 10.9. The number of methoxy groups -OCH3 is 1. The van der Waals surface area contributed by atoms with E-state index in [0.29, 0.717) is 12.3 Å². The number of aromatic nitrogens is 2. The Morgan fingerprint density at radius 2 is 2.32 bits per heavy atom. The van der Waals surface area contributed by atoms with E-state index in [-0.39, 0.29) is 18.1 Å². The Morgan fingerprint density at radius 1 is 1.48 bits per heavy atom. The van der Waals surface area contributed by atoms with Gasteiger partial charge >= 0.3 is 0 Å². The van der Waals surface area contributed by atoms with E-state index in [2.05, 4.69) is 20.2 Å². The molecule has 0 unspecified atom stereocenters. The van der Waals surface area contributed by atoms with Gasteiger partial charge < -0.3 is 19.4 Å². The first-order valence-electron chi connectivity index (χ1n) is 8.55. The number of aryl methyl sites for hydroxylation is 2. The van der Waals surface area contributed by atoms with Gasteiger partial charge in [-0.2, -0.15) is 0 Å². The van der Waals surface area contributed by atoms with Crippen molar-refractivity contribution in [2.75, 3.05) is 25.1 Å². The van der Waals surface area contributed by atoms with Crippen molar-refractivity contribution in [2.45, 2.75) is 38.8 Å². The van der Waals surface area contributed by atoms with Gasteiger partial charge in [-0.15, -0.1) is 0 Å². The molecule has 0 radical (unpaired) electrons. The minimum absolute atomic E-state index is 0.114. The molecule has 1 aliphatic heterocycles. The largest absolute Gasteiger partial charge is 0.459 e. The number of hydrogen-bond donors (Lipinski definition) is 1. The van der Waals surface area contributed by atoms with Crippen LogP contribution in [0.25, 0.3) is 0 Å². The Kier molecular flexibility index (Phi) is 5.33. The van der Waals surface area contributed by atoms with Crippen LogP contribution in [0, 0.1) is 6.92 Å². The lowest BCUT2D eigenvalue weighted by Crippen LogP contribution is -2.40. The smallest absolute Gasteiger partial charge is 0.287 e. The van der Waals surface area contributed by atoms with Gasteiger partial charge in [0.05, 0.1) is 18.4 Å². The van der Waals surface area contributed by atoms with Gasteiger partial charge in [0.25, 0.3) is 5.91 Å². The first kappa shape index (κ1) is 17.4. The molecule has 2 aromatic rings. The zero-order valence-corrected chi connectivity index (χ0v) is 14.9. The lowest BCUT2D eigenvalue weighted by Gasteiger charge is -2.25. The van der Waals surface area contributed by atoms with E-state index < -0.39 is 0 Å². The predicted octanol–water partition coefficient (Wildman–Crippen LogP) is 1.96. The highest BCUT2D eigenvalue weighted by atomic mass is 16.5. The summed E-state index contributed by atoms with van der Waals surface area (Å²) in [5.41, 5.74) is 1.83. The number of nitrogens with zero attached hydrogens (tertiary/aromatic N) is 3. The van der Waals surface area contributed by atoms with Crippen LogP contribution in [0.1, 0.15) is 35.2 Å². The fourth-order valence-electron chi connectivity index (χ4n) is 3.22. The summed E-state index contributed by atoms with van der Waals surface area (Å²) in [6.45, 7) is 5.19. The Labute approximate surface area is 147 Å². The zero-order chi connectivity index (χ0) is 17.8. The van der Waals surface area contributed by atoms with Gasteiger partial charge in [-0.25, -0.2) is 9.97 Å². The molecule has 0 bridgehead atoms. The van der Waals surface area contributed by atoms with Gasteiger partial charge in [-0.05, 0) is 25.8 Å². The number of hydrogen-bond acceptors (Lipinski definition) is 6. The highest BCUT2D eigenvalue weighted by Gasteiger charge is 2.33. The summed E-state index contributed by atoms with van der Waals surface area (Å²) in [5.74, 6) is 1.08. The van der Waals surface area contributed by atoms with Gasteiger partial charge in [0.15, 0.2) is 5.76 Å². The number of ether oxygens (including phenoxy) is 1. The quantitative estimate of drug-likeness (QED) is 0.863. The first-order valence-corrected chi connectivity index (χ1v) is 8.55. The fraction of sp³-hybridized carbons (Fsp3) is 0.500. The molecule has 3 rings (SSSR count). The molecule has 0 saturated carbocycles. The molecule has 1 aliphatic rings. The molecule has 134 valence electrons. The van der Waals surface area contributed by atoms with Gasteiger partial charge in [-0.3, -0.25) is 4.79 Å². The van der Waals surface area contributed by atoms with E-state index in [1.165, 1.54) is 0 Å². The van der Waals surface area contributed by atoms with Crippen LogP contribution in [-0.2, 0) is 11.2 Å².